The van der Waals surface area contributed by atoms with Crippen LogP contribution in [0.4, 0.5) is 0 Å². The Morgan fingerprint density at radius 1 is 1.06 bits per heavy atom. The maximum Gasteiger partial charge on any atom is 0.0695 e. The van der Waals surface area contributed by atoms with Crippen LogP contribution in [0.3, 0.4) is 0 Å². The quantitative estimate of drug-likeness (QED) is 0.777. The molecule has 16 heavy (non-hydrogen) atoms. The first-order valence-corrected chi connectivity index (χ1v) is 7.23. The molecule has 0 aliphatic heterocycles. The van der Waals surface area contributed by atoms with E-state index in [2.05, 4.69) is 11.8 Å². The van der Waals surface area contributed by atoms with Gasteiger partial charge in [0.1, 0.15) is 0 Å². The van der Waals surface area contributed by atoms with Gasteiger partial charge < -0.3 is 5.11 Å². The maximum absolute atomic E-state index is 10.3. The Morgan fingerprint density at radius 3 is 2.19 bits per heavy atom. The molecule has 0 amide bonds. The molecular formula is C14H27NO. The van der Waals surface area contributed by atoms with Crippen LogP contribution in [0.25, 0.3) is 0 Å². The van der Waals surface area contributed by atoms with Gasteiger partial charge in [-0.25, -0.2) is 0 Å². The topological polar surface area (TPSA) is 23.5 Å². The minimum Gasteiger partial charge on any atom is -0.392 e. The molecule has 2 fully saturated rings. The van der Waals surface area contributed by atoms with Crippen LogP contribution in [-0.2, 0) is 0 Å². The fraction of sp³-hybridized carbons (Fsp3) is 1.00. The monoisotopic (exact) mass is 225 g/mol. The number of aliphatic hydroxyl groups is 1. The van der Waals surface area contributed by atoms with Gasteiger partial charge in [0, 0.05) is 12.6 Å². The highest BCUT2D eigenvalue weighted by Crippen LogP contribution is 2.29. The van der Waals surface area contributed by atoms with Crippen LogP contribution in [0.1, 0.15) is 58.3 Å². The highest BCUT2D eigenvalue weighted by molar-refractivity contribution is 4.82. The summed E-state index contributed by atoms with van der Waals surface area (Å²) in [5.74, 6) is 0.593. The summed E-state index contributed by atoms with van der Waals surface area (Å²) < 4.78 is 0. The molecule has 0 aromatic rings. The summed E-state index contributed by atoms with van der Waals surface area (Å²) in [6, 6.07) is 0.765. The van der Waals surface area contributed by atoms with E-state index in [1.54, 1.807) is 0 Å². The second-order valence-corrected chi connectivity index (χ2v) is 5.64. The Balaban J connectivity index is 1.80. The Hall–Kier alpha value is -0.0800. The molecule has 2 rings (SSSR count). The molecule has 2 nitrogen and oxygen atoms in total. The van der Waals surface area contributed by atoms with E-state index in [9.17, 15) is 5.11 Å². The second-order valence-electron chi connectivity index (χ2n) is 5.64. The molecule has 94 valence electrons. The van der Waals surface area contributed by atoms with Crippen molar-refractivity contribution < 1.29 is 5.11 Å². The smallest absolute Gasteiger partial charge is 0.0695 e. The fourth-order valence-corrected chi connectivity index (χ4v) is 3.54. The van der Waals surface area contributed by atoms with Gasteiger partial charge in [0.05, 0.1) is 6.10 Å². The first-order valence-electron chi connectivity index (χ1n) is 7.23. The number of hydrogen-bond acceptors (Lipinski definition) is 2. The second kappa shape index (κ2) is 6.02. The van der Waals surface area contributed by atoms with E-state index in [4.69, 9.17) is 0 Å². The van der Waals surface area contributed by atoms with E-state index in [0.29, 0.717) is 5.92 Å². The van der Waals surface area contributed by atoms with Crippen molar-refractivity contribution in [2.45, 2.75) is 70.4 Å². The first kappa shape index (κ1) is 12.4. The zero-order chi connectivity index (χ0) is 11.4. The minimum atomic E-state index is -0.0666. The maximum atomic E-state index is 10.3. The lowest BCUT2D eigenvalue weighted by atomic mass is 10.00. The van der Waals surface area contributed by atoms with Crippen molar-refractivity contribution in [1.82, 2.24) is 4.90 Å². The van der Waals surface area contributed by atoms with Crippen molar-refractivity contribution in [3.63, 3.8) is 0 Å². The van der Waals surface area contributed by atoms with E-state index in [1.807, 2.05) is 0 Å². The summed E-state index contributed by atoms with van der Waals surface area (Å²) in [6.45, 7) is 4.26. The molecule has 0 radical (unpaired) electrons. The van der Waals surface area contributed by atoms with Gasteiger partial charge in [0.25, 0.3) is 0 Å². The highest BCUT2D eigenvalue weighted by Gasteiger charge is 2.28. The van der Waals surface area contributed by atoms with Gasteiger partial charge in [0.15, 0.2) is 0 Å². The summed E-state index contributed by atoms with van der Waals surface area (Å²) in [4.78, 5) is 2.52. The number of rotatable bonds is 5. The predicted molar refractivity (Wildman–Crippen MR) is 67.5 cm³/mol. The van der Waals surface area contributed by atoms with Gasteiger partial charge in [-0.3, -0.25) is 4.90 Å². The molecule has 2 aliphatic carbocycles. The van der Waals surface area contributed by atoms with E-state index in [1.165, 1.54) is 51.4 Å². The van der Waals surface area contributed by atoms with Gasteiger partial charge in [-0.1, -0.05) is 32.6 Å². The van der Waals surface area contributed by atoms with Gasteiger partial charge in [-0.15, -0.1) is 0 Å². The Morgan fingerprint density at radius 2 is 1.62 bits per heavy atom. The predicted octanol–water partition coefficient (Wildman–Crippen LogP) is 2.80. The number of aliphatic hydroxyl groups excluding tert-OH is 1. The summed E-state index contributed by atoms with van der Waals surface area (Å²) in [7, 11) is 0. The summed E-state index contributed by atoms with van der Waals surface area (Å²) in [5, 5.41) is 10.3. The third kappa shape index (κ3) is 2.98. The first-order chi connectivity index (χ1) is 7.81. The molecule has 0 bridgehead atoms. The average molecular weight is 225 g/mol. The average Bonchev–Trinajstić information content (AvgIpc) is 2.96. The molecule has 2 aliphatic rings. The molecule has 1 N–H and O–H groups in total. The summed E-state index contributed by atoms with van der Waals surface area (Å²) >= 11 is 0. The normalized spacial score (nSPS) is 25.7. The van der Waals surface area contributed by atoms with E-state index >= 15 is 0 Å². The lowest BCUT2D eigenvalue weighted by Gasteiger charge is -2.31. The van der Waals surface area contributed by atoms with Crippen LogP contribution >= 0.6 is 0 Å². The molecule has 0 spiro atoms. The number of hydrogen-bond donors (Lipinski definition) is 1. The van der Waals surface area contributed by atoms with Crippen LogP contribution in [0.15, 0.2) is 0 Å². The third-order valence-corrected chi connectivity index (χ3v) is 4.61. The molecule has 0 aromatic carbocycles. The van der Waals surface area contributed by atoms with Crippen molar-refractivity contribution in [3.8, 4) is 0 Å². The van der Waals surface area contributed by atoms with Crippen molar-refractivity contribution in [1.29, 1.82) is 0 Å². The van der Waals surface area contributed by atoms with Crippen LogP contribution in [0, 0.1) is 5.92 Å². The Bertz CT molecular complexity index is 195. The lowest BCUT2D eigenvalue weighted by Crippen LogP contribution is -2.41. The molecular weight excluding hydrogens is 198 g/mol. The van der Waals surface area contributed by atoms with E-state index in [0.717, 1.165) is 19.1 Å². The molecule has 0 aromatic heterocycles. The van der Waals surface area contributed by atoms with Crippen LogP contribution in [0.5, 0.6) is 0 Å². The lowest BCUT2D eigenvalue weighted by molar-refractivity contribution is 0.0515. The van der Waals surface area contributed by atoms with Crippen molar-refractivity contribution in [2.75, 3.05) is 13.1 Å². The fourth-order valence-electron chi connectivity index (χ4n) is 3.54. The van der Waals surface area contributed by atoms with Gasteiger partial charge in [-0.05, 0) is 38.1 Å². The van der Waals surface area contributed by atoms with Crippen molar-refractivity contribution in [2.24, 2.45) is 5.92 Å². The van der Waals surface area contributed by atoms with Crippen LogP contribution in [-0.4, -0.2) is 35.2 Å². The zero-order valence-electron chi connectivity index (χ0n) is 10.7. The van der Waals surface area contributed by atoms with Gasteiger partial charge in [0.2, 0.25) is 0 Å². The SMILES string of the molecule is CCN(CC(O)C1CCCC1)C1CCCC1. The molecule has 2 saturated carbocycles. The Kier molecular flexibility index (Phi) is 4.66. The van der Waals surface area contributed by atoms with Gasteiger partial charge >= 0.3 is 0 Å². The van der Waals surface area contributed by atoms with E-state index < -0.39 is 0 Å². The zero-order valence-corrected chi connectivity index (χ0v) is 10.7. The molecule has 2 heteroatoms. The number of likely N-dealkylation sites (N-methyl/N-ethyl adjacent to an activating group) is 1. The minimum absolute atomic E-state index is 0.0666. The van der Waals surface area contributed by atoms with Crippen LogP contribution in [0.2, 0.25) is 0 Å². The molecule has 0 heterocycles. The summed E-state index contributed by atoms with van der Waals surface area (Å²) in [5.41, 5.74) is 0. The largest absolute Gasteiger partial charge is 0.392 e. The van der Waals surface area contributed by atoms with Crippen molar-refractivity contribution in [3.05, 3.63) is 0 Å². The van der Waals surface area contributed by atoms with Crippen LogP contribution < -0.4 is 0 Å². The molecule has 0 saturated heterocycles. The standard InChI is InChI=1S/C14H27NO/c1-2-15(13-9-5-6-10-13)11-14(16)12-7-3-4-8-12/h12-14,16H,2-11H2,1H3. The summed E-state index contributed by atoms with van der Waals surface area (Å²) in [6.07, 6.45) is 10.6. The molecule has 1 atom stereocenters. The van der Waals surface area contributed by atoms with E-state index in [-0.39, 0.29) is 6.10 Å². The van der Waals surface area contributed by atoms with Crippen molar-refractivity contribution >= 4 is 0 Å². The number of nitrogens with zero attached hydrogens (tertiary/aromatic N) is 1. The third-order valence-electron chi connectivity index (χ3n) is 4.61. The van der Waals surface area contributed by atoms with Gasteiger partial charge in [-0.2, -0.15) is 0 Å². The Labute approximate surface area is 100 Å². The molecule has 1 unspecified atom stereocenters. The highest BCUT2D eigenvalue weighted by atomic mass is 16.3.